The summed E-state index contributed by atoms with van der Waals surface area (Å²) in [5.74, 6) is 0.529. The topological polar surface area (TPSA) is 81.4 Å². The molecule has 0 N–H and O–H groups in total. The number of carbonyl (C=O) groups is 1. The number of halogens is 1. The fourth-order valence-corrected chi connectivity index (χ4v) is 3.40. The summed E-state index contributed by atoms with van der Waals surface area (Å²) in [7, 11) is 1.49. The SMILES string of the molecule is COc1ncccc1C(=O)N1CCCC(c2nc(-c3cccc(F)c3)no2)C1. The minimum atomic E-state index is -0.358. The van der Waals surface area contributed by atoms with Gasteiger partial charge in [0.15, 0.2) is 0 Å². The van der Waals surface area contributed by atoms with Gasteiger partial charge in [-0.2, -0.15) is 4.98 Å². The molecule has 0 bridgehead atoms. The molecule has 1 saturated heterocycles. The van der Waals surface area contributed by atoms with Crippen molar-refractivity contribution >= 4 is 5.91 Å². The summed E-state index contributed by atoms with van der Waals surface area (Å²) < 4.78 is 24.1. The standard InChI is InChI=1S/C20H19FN4O3/c1-27-19-16(8-3-9-22-19)20(26)25-10-4-6-14(12-25)18-23-17(24-28-18)13-5-2-7-15(21)11-13/h2-3,5,7-9,11,14H,4,6,10,12H2,1H3. The Labute approximate surface area is 161 Å². The van der Waals surface area contributed by atoms with Gasteiger partial charge < -0.3 is 14.2 Å². The van der Waals surface area contributed by atoms with E-state index in [1.54, 1.807) is 35.4 Å². The number of nitrogens with zero attached hydrogens (tertiary/aromatic N) is 4. The zero-order valence-corrected chi connectivity index (χ0v) is 15.3. The van der Waals surface area contributed by atoms with E-state index in [2.05, 4.69) is 15.1 Å². The van der Waals surface area contributed by atoms with Crippen LogP contribution in [-0.2, 0) is 0 Å². The molecule has 7 nitrogen and oxygen atoms in total. The largest absolute Gasteiger partial charge is 0.480 e. The highest BCUT2D eigenvalue weighted by molar-refractivity contribution is 5.96. The number of pyridine rings is 1. The monoisotopic (exact) mass is 382 g/mol. The molecule has 0 radical (unpaired) electrons. The zero-order valence-electron chi connectivity index (χ0n) is 15.3. The van der Waals surface area contributed by atoms with Gasteiger partial charge in [0.2, 0.25) is 17.6 Å². The number of methoxy groups -OCH3 is 1. The Bertz CT molecular complexity index is 991. The molecule has 1 aliphatic rings. The minimum absolute atomic E-state index is 0.0739. The molecule has 3 aromatic rings. The summed E-state index contributed by atoms with van der Waals surface area (Å²) in [6, 6.07) is 9.46. The molecule has 4 rings (SSSR count). The molecular weight excluding hydrogens is 363 g/mol. The van der Waals surface area contributed by atoms with Gasteiger partial charge in [0, 0.05) is 24.8 Å². The second-order valence-corrected chi connectivity index (χ2v) is 6.62. The molecular formula is C20H19FN4O3. The number of piperidine rings is 1. The Kier molecular flexibility index (Phi) is 5.01. The molecule has 1 aliphatic heterocycles. The van der Waals surface area contributed by atoms with Gasteiger partial charge in [-0.25, -0.2) is 9.37 Å². The number of ether oxygens (including phenoxy) is 1. The second-order valence-electron chi connectivity index (χ2n) is 6.62. The van der Waals surface area contributed by atoms with Gasteiger partial charge in [-0.15, -0.1) is 0 Å². The number of carbonyl (C=O) groups excluding carboxylic acids is 1. The lowest BCUT2D eigenvalue weighted by Gasteiger charge is -2.31. The van der Waals surface area contributed by atoms with Crippen molar-refractivity contribution < 1.29 is 18.4 Å². The first-order valence-corrected chi connectivity index (χ1v) is 9.03. The fraction of sp³-hybridized carbons (Fsp3) is 0.300. The van der Waals surface area contributed by atoms with Crippen molar-refractivity contribution in [3.05, 3.63) is 59.9 Å². The number of amides is 1. The molecule has 2 aromatic heterocycles. The van der Waals surface area contributed by atoms with Crippen molar-refractivity contribution in [2.24, 2.45) is 0 Å². The van der Waals surface area contributed by atoms with Crippen LogP contribution < -0.4 is 4.74 Å². The third-order valence-corrected chi connectivity index (χ3v) is 4.78. The van der Waals surface area contributed by atoms with Crippen molar-refractivity contribution in [2.45, 2.75) is 18.8 Å². The van der Waals surface area contributed by atoms with E-state index in [1.807, 2.05) is 0 Å². The quantitative estimate of drug-likeness (QED) is 0.689. The van der Waals surface area contributed by atoms with Crippen LogP contribution in [-0.4, -0.2) is 46.1 Å². The maximum absolute atomic E-state index is 13.4. The normalized spacial score (nSPS) is 16.8. The van der Waals surface area contributed by atoms with Crippen LogP contribution in [0.5, 0.6) is 5.88 Å². The van der Waals surface area contributed by atoms with E-state index < -0.39 is 0 Å². The molecule has 1 aromatic carbocycles. The number of aromatic nitrogens is 3. The van der Waals surface area contributed by atoms with Crippen LogP contribution in [0.4, 0.5) is 4.39 Å². The van der Waals surface area contributed by atoms with Crippen molar-refractivity contribution in [1.29, 1.82) is 0 Å². The van der Waals surface area contributed by atoms with E-state index in [9.17, 15) is 9.18 Å². The molecule has 28 heavy (non-hydrogen) atoms. The van der Waals surface area contributed by atoms with E-state index in [4.69, 9.17) is 9.26 Å². The third kappa shape index (κ3) is 3.58. The molecule has 1 fully saturated rings. The van der Waals surface area contributed by atoms with Crippen LogP contribution in [0.3, 0.4) is 0 Å². The van der Waals surface area contributed by atoms with Gasteiger partial charge in [0.1, 0.15) is 11.4 Å². The predicted molar refractivity (Wildman–Crippen MR) is 98.4 cm³/mol. The van der Waals surface area contributed by atoms with Gasteiger partial charge in [-0.3, -0.25) is 4.79 Å². The van der Waals surface area contributed by atoms with Crippen molar-refractivity contribution in [1.82, 2.24) is 20.0 Å². The van der Waals surface area contributed by atoms with Gasteiger partial charge in [-0.05, 0) is 37.1 Å². The van der Waals surface area contributed by atoms with Crippen LogP contribution in [0.1, 0.15) is 35.0 Å². The third-order valence-electron chi connectivity index (χ3n) is 4.78. The lowest BCUT2D eigenvalue weighted by atomic mass is 9.97. The molecule has 0 aliphatic carbocycles. The predicted octanol–water partition coefficient (Wildman–Crippen LogP) is 3.30. The number of likely N-dealkylation sites (tertiary alicyclic amines) is 1. The van der Waals surface area contributed by atoms with E-state index in [-0.39, 0.29) is 17.6 Å². The number of benzene rings is 1. The fourth-order valence-electron chi connectivity index (χ4n) is 3.40. The molecule has 1 amide bonds. The molecule has 8 heteroatoms. The second kappa shape index (κ2) is 7.75. The van der Waals surface area contributed by atoms with Crippen molar-refractivity contribution in [3.8, 4) is 17.3 Å². The van der Waals surface area contributed by atoms with Crippen LogP contribution >= 0.6 is 0 Å². The Hall–Kier alpha value is -3.29. The van der Waals surface area contributed by atoms with Gasteiger partial charge >= 0.3 is 0 Å². The van der Waals surface area contributed by atoms with E-state index >= 15 is 0 Å². The smallest absolute Gasteiger partial charge is 0.259 e. The molecule has 0 saturated carbocycles. The van der Waals surface area contributed by atoms with Crippen LogP contribution in [0.25, 0.3) is 11.4 Å². The number of rotatable bonds is 4. The number of hydrogen-bond donors (Lipinski definition) is 0. The minimum Gasteiger partial charge on any atom is -0.480 e. The first kappa shape index (κ1) is 18.1. The van der Waals surface area contributed by atoms with Gasteiger partial charge in [0.25, 0.3) is 5.91 Å². The Morgan fingerprint density at radius 1 is 1.32 bits per heavy atom. The molecule has 144 valence electrons. The Balaban J connectivity index is 1.52. The van der Waals surface area contributed by atoms with Crippen LogP contribution in [0, 0.1) is 5.82 Å². The first-order chi connectivity index (χ1) is 13.7. The summed E-state index contributed by atoms with van der Waals surface area (Å²) in [4.78, 5) is 23.2. The molecule has 1 unspecified atom stereocenters. The van der Waals surface area contributed by atoms with Crippen molar-refractivity contribution in [3.63, 3.8) is 0 Å². The summed E-state index contributed by atoms with van der Waals surface area (Å²) in [5.41, 5.74) is 0.982. The highest BCUT2D eigenvalue weighted by atomic mass is 19.1. The van der Waals surface area contributed by atoms with Crippen molar-refractivity contribution in [2.75, 3.05) is 20.2 Å². The average molecular weight is 382 g/mol. The lowest BCUT2D eigenvalue weighted by molar-refractivity contribution is 0.0691. The Morgan fingerprint density at radius 2 is 2.21 bits per heavy atom. The maximum atomic E-state index is 13.4. The maximum Gasteiger partial charge on any atom is 0.259 e. The van der Waals surface area contributed by atoms with E-state index in [0.29, 0.717) is 41.8 Å². The van der Waals surface area contributed by atoms with Crippen LogP contribution in [0.15, 0.2) is 47.1 Å². The van der Waals surface area contributed by atoms with E-state index in [1.165, 1.54) is 19.2 Å². The number of hydrogen-bond acceptors (Lipinski definition) is 6. The highest BCUT2D eigenvalue weighted by Gasteiger charge is 2.30. The highest BCUT2D eigenvalue weighted by Crippen LogP contribution is 2.29. The average Bonchev–Trinajstić information content (AvgIpc) is 3.24. The summed E-state index contributed by atoms with van der Waals surface area (Å²) in [6.07, 6.45) is 3.23. The first-order valence-electron chi connectivity index (χ1n) is 9.03. The molecule has 3 heterocycles. The molecule has 0 spiro atoms. The van der Waals surface area contributed by atoms with E-state index in [0.717, 1.165) is 12.8 Å². The summed E-state index contributed by atoms with van der Waals surface area (Å²) >= 11 is 0. The lowest BCUT2D eigenvalue weighted by Crippen LogP contribution is -2.39. The Morgan fingerprint density at radius 3 is 3.04 bits per heavy atom. The van der Waals surface area contributed by atoms with Gasteiger partial charge in [0.05, 0.1) is 13.0 Å². The van der Waals surface area contributed by atoms with Gasteiger partial charge in [-0.1, -0.05) is 17.3 Å². The molecule has 1 atom stereocenters. The zero-order chi connectivity index (χ0) is 19.5. The summed E-state index contributed by atoms with van der Waals surface area (Å²) in [6.45, 7) is 1.10. The summed E-state index contributed by atoms with van der Waals surface area (Å²) in [5, 5.41) is 3.97. The van der Waals surface area contributed by atoms with Crippen LogP contribution in [0.2, 0.25) is 0 Å².